The van der Waals surface area contributed by atoms with Gasteiger partial charge in [-0.05, 0) is 42.5 Å². The van der Waals surface area contributed by atoms with Crippen LogP contribution in [-0.2, 0) is 13.2 Å². The summed E-state index contributed by atoms with van der Waals surface area (Å²) in [5.74, 6) is -0.0423. The summed E-state index contributed by atoms with van der Waals surface area (Å²) >= 11 is 6.07. The summed E-state index contributed by atoms with van der Waals surface area (Å²) in [6, 6.07) is 13.1. The number of carboxylic acid groups (broad SMARTS) is 1. The molecule has 0 atom stereocenters. The van der Waals surface area contributed by atoms with Crippen molar-refractivity contribution < 1.29 is 32.9 Å². The van der Waals surface area contributed by atoms with Gasteiger partial charge in [0.05, 0.1) is 17.3 Å². The van der Waals surface area contributed by atoms with E-state index in [-0.39, 0.29) is 23.9 Å². The van der Waals surface area contributed by atoms with Crippen molar-refractivity contribution in [3.05, 3.63) is 82.4 Å². The van der Waals surface area contributed by atoms with Crippen molar-refractivity contribution in [2.45, 2.75) is 13.2 Å². The van der Waals surface area contributed by atoms with Gasteiger partial charge in [0.2, 0.25) is 0 Å². The smallest absolute Gasteiger partial charge is 0.488 e. The van der Waals surface area contributed by atoms with Crippen molar-refractivity contribution in [2.24, 2.45) is 0 Å². The second-order valence-electron chi connectivity index (χ2n) is 7.02. The normalized spacial score (nSPS) is 12.7. The van der Waals surface area contributed by atoms with E-state index in [2.05, 4.69) is 0 Å². The van der Waals surface area contributed by atoms with Crippen molar-refractivity contribution in [2.75, 3.05) is 18.1 Å². The molecule has 0 saturated carbocycles. The number of fused-ring (bicyclic) bond motifs is 1. The van der Waals surface area contributed by atoms with Gasteiger partial charge in [0, 0.05) is 17.7 Å². The molecule has 6 nitrogen and oxygen atoms in total. The number of carbonyl (C=O) groups is 1. The van der Waals surface area contributed by atoms with E-state index in [4.69, 9.17) is 30.9 Å². The average Bonchev–Trinajstić information content (AvgIpc) is 2.74. The quantitative estimate of drug-likeness (QED) is 0.378. The molecule has 1 N–H and O–H groups in total. The monoisotopic (exact) mass is 461 g/mol. The Balaban J connectivity index is 1.58. The Kier molecular flexibility index (Phi) is 6.32. The second kappa shape index (κ2) is 9.32. The summed E-state index contributed by atoms with van der Waals surface area (Å²) in [5.41, 5.74) is 1.78. The minimum Gasteiger partial charge on any atom is -0.488 e. The van der Waals surface area contributed by atoms with Gasteiger partial charge in [0.25, 0.3) is 0 Å². The standard InChI is InChI=1S/C23H18ClF2NO5/c24-18-11-17(26)5-4-14(18)13-31-20-7-6-16(25)10-15(20)12-27-8-9-30-22-19(27)2-1-3-21(22)32-23(28)29/h1-7,10-11H,8-9,12-13H2,(H,28,29). The molecule has 0 unspecified atom stereocenters. The Morgan fingerprint density at radius 3 is 2.62 bits per heavy atom. The SMILES string of the molecule is O=C(O)Oc1cccc2c1OCCN2Cc1cc(F)ccc1OCc1ccc(F)cc1Cl. The van der Waals surface area contributed by atoms with E-state index in [1.54, 1.807) is 12.1 Å². The van der Waals surface area contributed by atoms with E-state index < -0.39 is 17.8 Å². The van der Waals surface area contributed by atoms with Gasteiger partial charge in [0.1, 0.15) is 30.6 Å². The van der Waals surface area contributed by atoms with Crippen molar-refractivity contribution >= 4 is 23.4 Å². The number of nitrogens with zero attached hydrogens (tertiary/aromatic N) is 1. The molecule has 0 radical (unpaired) electrons. The molecule has 3 aromatic rings. The molecule has 0 spiro atoms. The van der Waals surface area contributed by atoms with Crippen molar-refractivity contribution in [1.82, 2.24) is 0 Å². The van der Waals surface area contributed by atoms with Crippen LogP contribution in [0.25, 0.3) is 0 Å². The van der Waals surface area contributed by atoms with Crippen LogP contribution in [0.5, 0.6) is 17.2 Å². The van der Waals surface area contributed by atoms with Crippen molar-refractivity contribution in [3.8, 4) is 17.2 Å². The summed E-state index contributed by atoms with van der Waals surface area (Å²) in [7, 11) is 0. The molecule has 0 fully saturated rings. The summed E-state index contributed by atoms with van der Waals surface area (Å²) in [4.78, 5) is 12.9. The highest BCUT2D eigenvalue weighted by Crippen LogP contribution is 2.41. The lowest BCUT2D eigenvalue weighted by molar-refractivity contribution is 0.142. The molecular formula is C23H18ClF2NO5. The van der Waals surface area contributed by atoms with Crippen LogP contribution in [-0.4, -0.2) is 24.4 Å². The zero-order valence-electron chi connectivity index (χ0n) is 16.7. The van der Waals surface area contributed by atoms with Gasteiger partial charge in [0.15, 0.2) is 11.5 Å². The van der Waals surface area contributed by atoms with E-state index in [9.17, 15) is 13.6 Å². The lowest BCUT2D eigenvalue weighted by Gasteiger charge is -2.32. The molecule has 3 aromatic carbocycles. The molecule has 0 aliphatic carbocycles. The van der Waals surface area contributed by atoms with E-state index in [0.29, 0.717) is 41.5 Å². The van der Waals surface area contributed by atoms with Crippen LogP contribution in [0.4, 0.5) is 19.3 Å². The van der Waals surface area contributed by atoms with Crippen LogP contribution in [0.1, 0.15) is 11.1 Å². The number of halogens is 3. The van der Waals surface area contributed by atoms with E-state index in [1.807, 2.05) is 4.90 Å². The first-order valence-electron chi connectivity index (χ1n) is 9.67. The minimum atomic E-state index is -1.45. The van der Waals surface area contributed by atoms with Crippen LogP contribution >= 0.6 is 11.6 Å². The van der Waals surface area contributed by atoms with Crippen molar-refractivity contribution in [3.63, 3.8) is 0 Å². The molecule has 1 heterocycles. The molecule has 0 bridgehead atoms. The molecule has 166 valence electrons. The zero-order valence-corrected chi connectivity index (χ0v) is 17.4. The Labute approximate surface area is 187 Å². The van der Waals surface area contributed by atoms with Gasteiger partial charge in [-0.15, -0.1) is 0 Å². The van der Waals surface area contributed by atoms with Gasteiger partial charge in [-0.3, -0.25) is 0 Å². The number of rotatable bonds is 6. The highest BCUT2D eigenvalue weighted by atomic mass is 35.5. The molecule has 1 aliphatic rings. The highest BCUT2D eigenvalue weighted by molar-refractivity contribution is 6.31. The number of benzene rings is 3. The maximum atomic E-state index is 14.0. The van der Waals surface area contributed by atoms with E-state index in [0.717, 1.165) is 0 Å². The first kappa shape index (κ1) is 21.7. The first-order valence-corrected chi connectivity index (χ1v) is 10.0. The van der Waals surface area contributed by atoms with Crippen LogP contribution in [0.3, 0.4) is 0 Å². The summed E-state index contributed by atoms with van der Waals surface area (Å²) in [6.45, 7) is 1.14. The fourth-order valence-electron chi connectivity index (χ4n) is 3.43. The lowest BCUT2D eigenvalue weighted by atomic mass is 10.1. The Morgan fingerprint density at radius 2 is 1.84 bits per heavy atom. The lowest BCUT2D eigenvalue weighted by Crippen LogP contribution is -2.32. The zero-order chi connectivity index (χ0) is 22.7. The van der Waals surface area contributed by atoms with Crippen LogP contribution in [0, 0.1) is 11.6 Å². The minimum absolute atomic E-state index is 0.0774. The molecule has 32 heavy (non-hydrogen) atoms. The molecule has 0 amide bonds. The summed E-state index contributed by atoms with van der Waals surface area (Å²) in [6.07, 6.45) is -1.45. The average molecular weight is 462 g/mol. The third kappa shape index (κ3) is 4.86. The van der Waals surface area contributed by atoms with Crippen LogP contribution < -0.4 is 19.1 Å². The van der Waals surface area contributed by atoms with E-state index in [1.165, 1.54) is 42.5 Å². The van der Waals surface area contributed by atoms with Gasteiger partial charge in [-0.25, -0.2) is 13.6 Å². The van der Waals surface area contributed by atoms with Crippen LogP contribution in [0.2, 0.25) is 5.02 Å². The predicted molar refractivity (Wildman–Crippen MR) is 114 cm³/mol. The molecule has 0 saturated heterocycles. The number of hydrogen-bond acceptors (Lipinski definition) is 5. The third-order valence-corrected chi connectivity index (χ3v) is 5.24. The molecule has 1 aliphatic heterocycles. The van der Waals surface area contributed by atoms with Gasteiger partial charge in [-0.1, -0.05) is 23.7 Å². The molecule has 9 heteroatoms. The number of hydrogen-bond donors (Lipinski definition) is 1. The molecule has 0 aromatic heterocycles. The third-order valence-electron chi connectivity index (χ3n) is 4.89. The Morgan fingerprint density at radius 1 is 1.06 bits per heavy atom. The van der Waals surface area contributed by atoms with Gasteiger partial charge >= 0.3 is 6.16 Å². The van der Waals surface area contributed by atoms with Gasteiger partial charge in [-0.2, -0.15) is 0 Å². The number of ether oxygens (including phenoxy) is 3. The van der Waals surface area contributed by atoms with Gasteiger partial charge < -0.3 is 24.2 Å². The van der Waals surface area contributed by atoms with Crippen LogP contribution in [0.15, 0.2) is 54.6 Å². The fourth-order valence-corrected chi connectivity index (χ4v) is 3.65. The predicted octanol–water partition coefficient (Wildman–Crippen LogP) is 5.65. The topological polar surface area (TPSA) is 68.2 Å². The maximum Gasteiger partial charge on any atom is 0.511 e. The Bertz CT molecular complexity index is 1160. The first-order chi connectivity index (χ1) is 15.4. The molecular weight excluding hydrogens is 444 g/mol. The fraction of sp³-hybridized carbons (Fsp3) is 0.174. The largest absolute Gasteiger partial charge is 0.511 e. The number of anilines is 1. The van der Waals surface area contributed by atoms with E-state index >= 15 is 0 Å². The number of para-hydroxylation sites is 1. The van der Waals surface area contributed by atoms with Crippen molar-refractivity contribution in [1.29, 1.82) is 0 Å². The summed E-state index contributed by atoms with van der Waals surface area (Å²) < 4.78 is 43.6. The molecule has 4 rings (SSSR count). The maximum absolute atomic E-state index is 14.0. The second-order valence-corrected chi connectivity index (χ2v) is 7.43. The highest BCUT2D eigenvalue weighted by Gasteiger charge is 2.24. The Hall–Kier alpha value is -3.52. The summed E-state index contributed by atoms with van der Waals surface area (Å²) in [5, 5.41) is 9.18.